The van der Waals surface area contributed by atoms with Gasteiger partial charge in [-0.15, -0.1) is 0 Å². The van der Waals surface area contributed by atoms with E-state index in [-0.39, 0.29) is 54.6 Å². The Kier molecular flexibility index (Phi) is 77.1. The molecule has 0 atom stereocenters. The third-order valence-electron chi connectivity index (χ3n) is 2.67. The summed E-state index contributed by atoms with van der Waals surface area (Å²) >= 11 is 0. The van der Waals surface area contributed by atoms with Crippen LogP contribution in [-0.2, 0) is 54.6 Å². The van der Waals surface area contributed by atoms with Crippen LogP contribution in [-0.4, -0.2) is 109 Å². The second-order valence-electron chi connectivity index (χ2n) is 5.31. The Bertz CT molecular complexity index is 395. The molecule has 220 valence electrons. The topological polar surface area (TPSA) is 427 Å². The fourth-order valence-corrected chi connectivity index (χ4v) is 1.77. The van der Waals surface area contributed by atoms with Gasteiger partial charge in [0.25, 0.3) is 0 Å². The van der Waals surface area contributed by atoms with Crippen LogP contribution < -0.4 is 34.4 Å². The molecule has 0 aromatic heterocycles. The summed E-state index contributed by atoms with van der Waals surface area (Å²) < 4.78 is 0. The molecule has 0 saturated heterocycles. The standard InChI is InChI=1S/2C6H18N4.2Cd.4NO3/c2*7-1-4-10(5-2-8)6-3-9;;;4*2-1(3)4/h2*1-9H2;;;;;;/q;;2*+2;4*-1. The summed E-state index contributed by atoms with van der Waals surface area (Å²) in [6, 6.07) is 0. The minimum atomic E-state index is -1.75. The molecular formula is C12H36Cd2N12O12. The number of nitrogens with zero attached hydrogens (tertiary/aromatic N) is 6. The Morgan fingerprint density at radius 2 is 0.447 bits per heavy atom. The van der Waals surface area contributed by atoms with Crippen molar-refractivity contribution >= 4 is 0 Å². The fraction of sp³-hybridized carbons (Fsp3) is 1.00. The van der Waals surface area contributed by atoms with E-state index < -0.39 is 20.3 Å². The van der Waals surface area contributed by atoms with E-state index in [1.807, 2.05) is 0 Å². The van der Waals surface area contributed by atoms with Gasteiger partial charge in [0.15, 0.2) is 0 Å². The Labute approximate surface area is 258 Å². The van der Waals surface area contributed by atoms with E-state index in [9.17, 15) is 0 Å². The third kappa shape index (κ3) is 143. The monoisotopic (exact) mass is 768 g/mol. The first-order valence-corrected chi connectivity index (χ1v) is 9.54. The van der Waals surface area contributed by atoms with Crippen LogP contribution in [0.2, 0.25) is 0 Å². The van der Waals surface area contributed by atoms with Gasteiger partial charge >= 0.3 is 54.6 Å². The van der Waals surface area contributed by atoms with Crippen molar-refractivity contribution in [3.05, 3.63) is 61.3 Å². The van der Waals surface area contributed by atoms with Crippen molar-refractivity contribution in [2.24, 2.45) is 34.4 Å². The Morgan fingerprint density at radius 1 is 0.368 bits per heavy atom. The molecule has 0 amide bonds. The number of hydrogen-bond acceptors (Lipinski definition) is 20. The molecule has 0 saturated carbocycles. The van der Waals surface area contributed by atoms with Crippen LogP contribution in [0.4, 0.5) is 0 Å². The van der Waals surface area contributed by atoms with Gasteiger partial charge in [0, 0.05) is 78.5 Å². The van der Waals surface area contributed by atoms with Gasteiger partial charge in [0.2, 0.25) is 0 Å². The maximum atomic E-state index is 8.25. The van der Waals surface area contributed by atoms with Crippen molar-refractivity contribution in [3.63, 3.8) is 0 Å². The Hall–Kier alpha value is -1.68. The molecule has 0 aliphatic carbocycles. The second-order valence-corrected chi connectivity index (χ2v) is 5.31. The minimum Gasteiger partial charge on any atom is -0.356 e. The molecule has 26 heteroatoms. The predicted octanol–water partition coefficient (Wildman–Crippen LogP) is -4.63. The Balaban J connectivity index is -0.0000000498. The van der Waals surface area contributed by atoms with Crippen LogP contribution >= 0.6 is 0 Å². The van der Waals surface area contributed by atoms with E-state index in [0.717, 1.165) is 39.3 Å². The van der Waals surface area contributed by atoms with E-state index in [2.05, 4.69) is 9.80 Å². The molecule has 0 fully saturated rings. The molecule has 38 heavy (non-hydrogen) atoms. The quantitative estimate of drug-likeness (QED) is 0.0618. The summed E-state index contributed by atoms with van der Waals surface area (Å²) in [5.74, 6) is 0. The van der Waals surface area contributed by atoms with Crippen LogP contribution in [0.3, 0.4) is 0 Å². The average molecular weight is 765 g/mol. The maximum Gasteiger partial charge on any atom is 2.00 e. The third-order valence-corrected chi connectivity index (χ3v) is 2.67. The molecule has 0 aromatic rings. The van der Waals surface area contributed by atoms with Crippen LogP contribution in [0.25, 0.3) is 0 Å². The van der Waals surface area contributed by atoms with Gasteiger partial charge in [0.05, 0.1) is 20.3 Å². The molecule has 0 heterocycles. The van der Waals surface area contributed by atoms with Gasteiger partial charge in [-0.05, 0) is 0 Å². The number of rotatable bonds is 12. The molecule has 12 N–H and O–H groups in total. The van der Waals surface area contributed by atoms with Crippen molar-refractivity contribution in [2.75, 3.05) is 78.5 Å². The summed E-state index contributed by atoms with van der Waals surface area (Å²) in [6.45, 7) is 9.47. The molecule has 0 aliphatic heterocycles. The zero-order chi connectivity index (χ0) is 29.9. The predicted molar refractivity (Wildman–Crippen MR) is 129 cm³/mol. The zero-order valence-corrected chi connectivity index (χ0v) is 29.0. The summed E-state index contributed by atoms with van der Waals surface area (Å²) in [4.78, 5) is 37.3. The van der Waals surface area contributed by atoms with E-state index in [4.69, 9.17) is 95.7 Å². The summed E-state index contributed by atoms with van der Waals surface area (Å²) in [5, 5.41) is 59.0. The first-order chi connectivity index (χ1) is 16.6. The van der Waals surface area contributed by atoms with Gasteiger partial charge in [-0.25, -0.2) is 0 Å². The minimum absolute atomic E-state index is 0. The van der Waals surface area contributed by atoms with Crippen molar-refractivity contribution in [2.45, 2.75) is 0 Å². The maximum absolute atomic E-state index is 8.25. The molecule has 0 bridgehead atoms. The zero-order valence-electron chi connectivity index (χ0n) is 20.9. The van der Waals surface area contributed by atoms with E-state index in [1.165, 1.54) is 0 Å². The first-order valence-electron chi connectivity index (χ1n) is 9.54. The van der Waals surface area contributed by atoms with E-state index in [0.29, 0.717) is 39.3 Å². The smallest absolute Gasteiger partial charge is 0.356 e. The van der Waals surface area contributed by atoms with Gasteiger partial charge in [0.1, 0.15) is 0 Å². The largest absolute Gasteiger partial charge is 2.00 e. The van der Waals surface area contributed by atoms with Crippen LogP contribution in [0.1, 0.15) is 0 Å². The van der Waals surface area contributed by atoms with Gasteiger partial charge in [-0.1, -0.05) is 0 Å². The normalized spacial score (nSPS) is 8.21. The molecular weight excluding hydrogens is 729 g/mol. The molecule has 0 unspecified atom stereocenters. The average Bonchev–Trinajstić information content (AvgIpc) is 2.68. The van der Waals surface area contributed by atoms with Gasteiger partial charge in [-0.3, -0.25) is 9.80 Å². The molecule has 0 rings (SSSR count). The van der Waals surface area contributed by atoms with Crippen molar-refractivity contribution < 1.29 is 74.9 Å². The number of nitrogens with two attached hydrogens (primary N) is 6. The SMILES string of the molecule is NCCN(CCN)CCN.NCCN(CCN)CCN.O=[N+]([O-])[O-].O=[N+]([O-])[O-].O=[N+]([O-])[O-].O=[N+]([O-])[O-].[Cd+2].[Cd+2]. The summed E-state index contributed by atoms with van der Waals surface area (Å²) in [5.41, 5.74) is 32.2. The van der Waals surface area contributed by atoms with Crippen LogP contribution in [0, 0.1) is 61.3 Å². The molecule has 0 radical (unpaired) electrons. The Morgan fingerprint density at radius 3 is 0.500 bits per heavy atom. The summed E-state index contributed by atoms with van der Waals surface area (Å²) in [6.07, 6.45) is 0. The first kappa shape index (κ1) is 56.5. The van der Waals surface area contributed by atoms with Crippen LogP contribution in [0.5, 0.6) is 0 Å². The molecule has 0 aliphatic rings. The second kappa shape index (κ2) is 51.9. The van der Waals surface area contributed by atoms with Crippen LogP contribution in [0.15, 0.2) is 0 Å². The fourth-order valence-electron chi connectivity index (χ4n) is 1.77. The summed E-state index contributed by atoms with van der Waals surface area (Å²) in [7, 11) is 0. The van der Waals surface area contributed by atoms with Gasteiger partial charge in [-0.2, -0.15) is 0 Å². The molecule has 24 nitrogen and oxygen atoms in total. The van der Waals surface area contributed by atoms with E-state index >= 15 is 0 Å². The van der Waals surface area contributed by atoms with Crippen molar-refractivity contribution in [1.29, 1.82) is 0 Å². The number of hydrogen-bond donors (Lipinski definition) is 6. The van der Waals surface area contributed by atoms with Crippen molar-refractivity contribution in [1.82, 2.24) is 9.80 Å². The molecule has 0 aromatic carbocycles. The van der Waals surface area contributed by atoms with E-state index in [1.54, 1.807) is 0 Å². The van der Waals surface area contributed by atoms with Crippen molar-refractivity contribution in [3.8, 4) is 0 Å². The molecule has 0 spiro atoms. The van der Waals surface area contributed by atoms with Gasteiger partial charge < -0.3 is 95.7 Å².